The van der Waals surface area contributed by atoms with Crippen molar-refractivity contribution >= 4 is 23.0 Å². The summed E-state index contributed by atoms with van der Waals surface area (Å²) in [6, 6.07) is 28.4. The molecule has 2 saturated heterocycles. The molecule has 306 valence electrons. The lowest BCUT2D eigenvalue weighted by molar-refractivity contribution is 0.110. The van der Waals surface area contributed by atoms with Crippen LogP contribution in [0.15, 0.2) is 79.0 Å². The molecule has 2 saturated carbocycles. The van der Waals surface area contributed by atoms with E-state index in [2.05, 4.69) is 98.3 Å². The molecule has 4 bridgehead atoms. The Kier molecular flexibility index (Phi) is 10.7. The molecule has 9 nitrogen and oxygen atoms in total. The van der Waals surface area contributed by atoms with Crippen LogP contribution in [0.25, 0.3) is 10.9 Å². The minimum absolute atomic E-state index is 0.0706. The Morgan fingerprint density at radius 1 is 0.672 bits per heavy atom. The molecule has 2 unspecified atom stereocenters. The van der Waals surface area contributed by atoms with Crippen molar-refractivity contribution in [2.45, 2.75) is 139 Å². The number of nitrogens with one attached hydrogen (secondary N) is 3. The Balaban J connectivity index is 0.729. The topological polar surface area (TPSA) is 110 Å². The normalized spacial score (nSPS) is 29.3. The van der Waals surface area contributed by atoms with Gasteiger partial charge < -0.3 is 26.3 Å². The van der Waals surface area contributed by atoms with Crippen LogP contribution in [0.4, 0.5) is 9.59 Å². The van der Waals surface area contributed by atoms with Crippen molar-refractivity contribution < 1.29 is 9.59 Å². The molecule has 4 aromatic rings. The summed E-state index contributed by atoms with van der Waals surface area (Å²) in [7, 11) is 0. The summed E-state index contributed by atoms with van der Waals surface area (Å²) in [4.78, 5) is 37.9. The number of fused-ring (bicyclic) bond motifs is 11. The maximum atomic E-state index is 13.5. The zero-order valence-electron chi connectivity index (χ0n) is 34.2. The number of rotatable bonds is 13. The Morgan fingerprint density at radius 2 is 1.17 bits per heavy atom. The third-order valence-corrected chi connectivity index (χ3v) is 15.7. The zero-order chi connectivity index (χ0) is 39.2. The van der Waals surface area contributed by atoms with Gasteiger partial charge in [0.05, 0.1) is 6.04 Å². The number of H-pyrrole nitrogens is 1. The molecule has 0 spiro atoms. The second kappa shape index (κ2) is 16.4. The van der Waals surface area contributed by atoms with Gasteiger partial charge in [-0.1, -0.05) is 66.7 Å². The van der Waals surface area contributed by atoms with Gasteiger partial charge in [0.2, 0.25) is 0 Å². The van der Waals surface area contributed by atoms with E-state index in [0.717, 1.165) is 80.3 Å². The smallest absolute Gasteiger partial charge is 0.315 e. The molecule has 0 radical (unpaired) electrons. The molecule has 9 heteroatoms. The third-order valence-electron chi connectivity index (χ3n) is 15.7. The number of para-hydroxylation sites is 1. The first-order chi connectivity index (χ1) is 28.5. The first-order valence-corrected chi connectivity index (χ1v) is 22.8. The fraction of sp³-hybridized carbons (Fsp3) is 0.551. The average molecular weight is 782 g/mol. The summed E-state index contributed by atoms with van der Waals surface area (Å²) >= 11 is 0. The number of urea groups is 2. The maximum Gasteiger partial charge on any atom is 0.315 e. The Hall–Kier alpha value is -4.34. The van der Waals surface area contributed by atoms with Crippen LogP contribution in [-0.2, 0) is 6.42 Å². The molecule has 5 heterocycles. The molecule has 4 fully saturated rings. The van der Waals surface area contributed by atoms with Crippen molar-refractivity contribution in [3.8, 4) is 0 Å². The van der Waals surface area contributed by atoms with Gasteiger partial charge in [-0.25, -0.2) is 9.59 Å². The summed E-state index contributed by atoms with van der Waals surface area (Å²) in [5, 5.41) is 7.70. The standard InChI is InChI=1S/C49H63N7O2/c50-48(57)56(36-19-15-33(16-20-36)26-28-55-46-23-24-47(55)42-11-4-3-10-41(42)46)37(29-34-30-51-43-12-6-5-7-38(34)43)31-52-49(58)53-35-17-13-32(14-18-35)25-27-54-44-21-22-45(54)40-9-2-1-8-39(40)44/h1-12,30,32-33,35-37,44-47,51H,13-29,31H2,(H2,50,57)(H2,52,53,58)/t32?,33?,35?,36?,37?,44-,45?,46-,47+/m1/s1. The number of benzene rings is 3. The average Bonchev–Trinajstić information content (AvgIpc) is 4.08. The highest BCUT2D eigenvalue weighted by atomic mass is 16.2. The molecule has 58 heavy (non-hydrogen) atoms. The second-order valence-electron chi connectivity index (χ2n) is 18.7. The second-order valence-corrected chi connectivity index (χ2v) is 18.7. The number of aromatic amines is 1. The Labute approximate surface area is 344 Å². The molecule has 5 atom stereocenters. The summed E-state index contributed by atoms with van der Waals surface area (Å²) in [5.74, 6) is 1.38. The molecule has 10 rings (SSSR count). The summed E-state index contributed by atoms with van der Waals surface area (Å²) in [6.07, 6.45) is 18.8. The van der Waals surface area contributed by atoms with Crippen molar-refractivity contribution in [3.05, 3.63) is 107 Å². The summed E-state index contributed by atoms with van der Waals surface area (Å²) in [6.45, 7) is 2.69. The summed E-state index contributed by atoms with van der Waals surface area (Å²) in [5.41, 5.74) is 14.7. The van der Waals surface area contributed by atoms with E-state index >= 15 is 0 Å². The van der Waals surface area contributed by atoms with Crippen LogP contribution in [0.5, 0.6) is 0 Å². The summed E-state index contributed by atoms with van der Waals surface area (Å²) < 4.78 is 0. The monoisotopic (exact) mass is 782 g/mol. The van der Waals surface area contributed by atoms with Crippen LogP contribution in [-0.4, -0.2) is 69.5 Å². The van der Waals surface area contributed by atoms with Gasteiger partial charge in [0.25, 0.3) is 0 Å². The SMILES string of the molecule is NC(=O)N(C1CCC(CCN2[C@@H]3CC[C@H]2c2ccccc23)CC1)C(CNC(=O)NC1CCC(CCN2C3CC[C@@H]2c2ccccc23)CC1)Cc1c[nH]c2ccccc12. The van der Waals surface area contributed by atoms with E-state index in [1.165, 1.54) is 45.1 Å². The molecule has 6 aliphatic rings. The number of nitrogens with zero attached hydrogens (tertiary/aromatic N) is 3. The quantitative estimate of drug-likeness (QED) is 0.108. The largest absolute Gasteiger partial charge is 0.361 e. The van der Waals surface area contributed by atoms with Crippen LogP contribution in [0, 0.1) is 11.8 Å². The van der Waals surface area contributed by atoms with Gasteiger partial charge in [-0.3, -0.25) is 9.80 Å². The van der Waals surface area contributed by atoms with Gasteiger partial charge in [-0.2, -0.15) is 0 Å². The van der Waals surface area contributed by atoms with E-state index in [4.69, 9.17) is 5.73 Å². The van der Waals surface area contributed by atoms with Gasteiger partial charge >= 0.3 is 12.1 Å². The number of carbonyl (C=O) groups is 2. The minimum Gasteiger partial charge on any atom is -0.361 e. The lowest BCUT2D eigenvalue weighted by Gasteiger charge is -2.41. The van der Waals surface area contributed by atoms with E-state index < -0.39 is 0 Å². The molecular formula is C49H63N7O2. The lowest BCUT2D eigenvalue weighted by Crippen LogP contribution is -2.56. The highest BCUT2D eigenvalue weighted by Crippen LogP contribution is 2.54. The Morgan fingerprint density at radius 3 is 1.71 bits per heavy atom. The van der Waals surface area contributed by atoms with Crippen LogP contribution in [0.2, 0.25) is 0 Å². The van der Waals surface area contributed by atoms with Crippen LogP contribution < -0.4 is 16.4 Å². The van der Waals surface area contributed by atoms with Crippen molar-refractivity contribution in [2.24, 2.45) is 17.6 Å². The van der Waals surface area contributed by atoms with Gasteiger partial charge in [0.15, 0.2) is 0 Å². The number of nitrogens with two attached hydrogens (primary N) is 1. The third kappa shape index (κ3) is 7.31. The van der Waals surface area contributed by atoms with Gasteiger partial charge in [0.1, 0.15) is 0 Å². The molecule has 4 amide bonds. The van der Waals surface area contributed by atoms with E-state index in [1.54, 1.807) is 22.3 Å². The Bertz CT molecular complexity index is 2020. The number of aromatic nitrogens is 1. The fourth-order valence-corrected chi connectivity index (χ4v) is 12.8. The predicted octanol–water partition coefficient (Wildman–Crippen LogP) is 9.44. The van der Waals surface area contributed by atoms with E-state index in [1.807, 2.05) is 11.0 Å². The number of hydrogen-bond acceptors (Lipinski definition) is 4. The molecule has 4 aliphatic heterocycles. The van der Waals surface area contributed by atoms with E-state index in [9.17, 15) is 9.59 Å². The highest BCUT2D eigenvalue weighted by Gasteiger charge is 2.45. The van der Waals surface area contributed by atoms with Gasteiger partial charge in [0, 0.05) is 59.9 Å². The van der Waals surface area contributed by atoms with Crippen molar-refractivity contribution in [1.82, 2.24) is 30.3 Å². The van der Waals surface area contributed by atoms with Crippen LogP contribution >= 0.6 is 0 Å². The maximum absolute atomic E-state index is 13.5. The molecule has 1 aromatic heterocycles. The molecular weight excluding hydrogens is 719 g/mol. The molecule has 2 aliphatic carbocycles. The lowest BCUT2D eigenvalue weighted by atomic mass is 9.82. The minimum atomic E-state index is -0.383. The highest BCUT2D eigenvalue weighted by molar-refractivity contribution is 5.83. The van der Waals surface area contributed by atoms with Crippen molar-refractivity contribution in [2.75, 3.05) is 19.6 Å². The zero-order valence-corrected chi connectivity index (χ0v) is 34.2. The van der Waals surface area contributed by atoms with Gasteiger partial charge in [-0.15, -0.1) is 0 Å². The number of hydrogen-bond donors (Lipinski definition) is 4. The van der Waals surface area contributed by atoms with Crippen LogP contribution in [0.1, 0.15) is 142 Å². The van der Waals surface area contributed by atoms with E-state index in [0.29, 0.717) is 43.1 Å². The molecule has 5 N–H and O–H groups in total. The first-order valence-electron chi connectivity index (χ1n) is 22.8. The predicted molar refractivity (Wildman–Crippen MR) is 230 cm³/mol. The number of carbonyl (C=O) groups excluding carboxylic acids is 2. The van der Waals surface area contributed by atoms with Crippen LogP contribution in [0.3, 0.4) is 0 Å². The fourth-order valence-electron chi connectivity index (χ4n) is 12.8. The van der Waals surface area contributed by atoms with Gasteiger partial charge in [-0.05, 0) is 155 Å². The number of primary amides is 1. The molecule has 3 aromatic carbocycles. The van der Waals surface area contributed by atoms with Crippen molar-refractivity contribution in [1.29, 1.82) is 0 Å². The van der Waals surface area contributed by atoms with Crippen molar-refractivity contribution in [3.63, 3.8) is 0 Å². The first kappa shape index (κ1) is 37.9. The van der Waals surface area contributed by atoms with E-state index in [-0.39, 0.29) is 30.2 Å². The number of amides is 4.